The van der Waals surface area contributed by atoms with E-state index in [2.05, 4.69) is 21.9 Å². The molecule has 3 heterocycles. The zero-order valence-corrected chi connectivity index (χ0v) is 13.2. The molecular formula is C16H22N4O2. The van der Waals surface area contributed by atoms with Crippen molar-refractivity contribution in [3.05, 3.63) is 29.7 Å². The SMILES string of the molecule is CCOC(=O)c1cc(CN2CCC[C@H](C)C2)nc2ccnn12. The summed E-state index contributed by atoms with van der Waals surface area (Å²) >= 11 is 0. The van der Waals surface area contributed by atoms with Gasteiger partial charge < -0.3 is 4.74 Å². The van der Waals surface area contributed by atoms with Crippen molar-refractivity contribution in [2.24, 2.45) is 5.92 Å². The lowest BCUT2D eigenvalue weighted by molar-refractivity contribution is 0.0515. The first-order valence-electron chi connectivity index (χ1n) is 7.90. The molecule has 1 fully saturated rings. The highest BCUT2D eigenvalue weighted by Gasteiger charge is 2.19. The van der Waals surface area contributed by atoms with Crippen LogP contribution < -0.4 is 0 Å². The third-order valence-electron chi connectivity index (χ3n) is 4.02. The minimum Gasteiger partial charge on any atom is -0.461 e. The van der Waals surface area contributed by atoms with Gasteiger partial charge >= 0.3 is 5.97 Å². The average molecular weight is 302 g/mol. The van der Waals surface area contributed by atoms with E-state index in [0.29, 0.717) is 17.9 Å². The third-order valence-corrected chi connectivity index (χ3v) is 4.02. The fourth-order valence-electron chi connectivity index (χ4n) is 3.06. The van der Waals surface area contributed by atoms with Gasteiger partial charge in [-0.2, -0.15) is 5.10 Å². The summed E-state index contributed by atoms with van der Waals surface area (Å²) in [5.74, 6) is 0.365. The molecule has 3 rings (SSSR count). The Morgan fingerprint density at radius 1 is 1.50 bits per heavy atom. The highest BCUT2D eigenvalue weighted by Crippen LogP contribution is 2.18. The summed E-state index contributed by atoms with van der Waals surface area (Å²) in [6.07, 6.45) is 4.16. The van der Waals surface area contributed by atoms with Gasteiger partial charge in [0.15, 0.2) is 11.3 Å². The van der Waals surface area contributed by atoms with Crippen LogP contribution in [0.4, 0.5) is 0 Å². The first-order valence-corrected chi connectivity index (χ1v) is 7.90. The molecule has 0 unspecified atom stereocenters. The Bertz CT molecular complexity index is 667. The number of hydrogen-bond acceptors (Lipinski definition) is 5. The highest BCUT2D eigenvalue weighted by molar-refractivity contribution is 5.88. The van der Waals surface area contributed by atoms with E-state index in [1.165, 1.54) is 12.8 Å². The minimum atomic E-state index is -0.355. The number of aromatic nitrogens is 3. The van der Waals surface area contributed by atoms with Crippen molar-refractivity contribution in [1.82, 2.24) is 19.5 Å². The van der Waals surface area contributed by atoms with Crippen molar-refractivity contribution in [3.63, 3.8) is 0 Å². The molecule has 0 radical (unpaired) electrons. The van der Waals surface area contributed by atoms with Crippen molar-refractivity contribution < 1.29 is 9.53 Å². The maximum absolute atomic E-state index is 12.1. The summed E-state index contributed by atoms with van der Waals surface area (Å²) < 4.78 is 6.67. The summed E-state index contributed by atoms with van der Waals surface area (Å²) in [6, 6.07) is 3.61. The van der Waals surface area contributed by atoms with Crippen LogP contribution in [0.1, 0.15) is 42.9 Å². The van der Waals surface area contributed by atoms with E-state index < -0.39 is 0 Å². The normalized spacial score (nSPS) is 19.5. The van der Waals surface area contributed by atoms with E-state index in [1.54, 1.807) is 23.7 Å². The van der Waals surface area contributed by atoms with Crippen molar-refractivity contribution in [3.8, 4) is 0 Å². The quantitative estimate of drug-likeness (QED) is 0.810. The molecule has 0 aromatic carbocycles. The summed E-state index contributed by atoms with van der Waals surface area (Å²) in [7, 11) is 0. The van der Waals surface area contributed by atoms with Crippen LogP contribution in [-0.2, 0) is 11.3 Å². The smallest absolute Gasteiger partial charge is 0.357 e. The molecule has 0 N–H and O–H groups in total. The van der Waals surface area contributed by atoms with Crippen LogP contribution in [0, 0.1) is 5.92 Å². The van der Waals surface area contributed by atoms with Crippen LogP contribution in [0.15, 0.2) is 18.3 Å². The van der Waals surface area contributed by atoms with Gasteiger partial charge in [0.25, 0.3) is 0 Å². The van der Waals surface area contributed by atoms with Gasteiger partial charge in [-0.25, -0.2) is 14.3 Å². The fraction of sp³-hybridized carbons (Fsp3) is 0.562. The lowest BCUT2D eigenvalue weighted by Crippen LogP contribution is -2.34. The molecule has 0 bridgehead atoms. The van der Waals surface area contributed by atoms with E-state index in [-0.39, 0.29) is 5.97 Å². The molecule has 1 saturated heterocycles. The number of hydrogen-bond donors (Lipinski definition) is 0. The minimum absolute atomic E-state index is 0.350. The van der Waals surface area contributed by atoms with Crippen molar-refractivity contribution in [2.75, 3.05) is 19.7 Å². The number of rotatable bonds is 4. The van der Waals surface area contributed by atoms with Gasteiger partial charge in [-0.15, -0.1) is 0 Å². The molecule has 1 atom stereocenters. The molecular weight excluding hydrogens is 280 g/mol. The largest absolute Gasteiger partial charge is 0.461 e. The summed E-state index contributed by atoms with van der Waals surface area (Å²) in [6.45, 7) is 7.37. The molecule has 0 spiro atoms. The molecule has 0 amide bonds. The zero-order chi connectivity index (χ0) is 15.5. The predicted molar refractivity (Wildman–Crippen MR) is 82.6 cm³/mol. The summed E-state index contributed by atoms with van der Waals surface area (Å²) in [4.78, 5) is 19.1. The van der Waals surface area contributed by atoms with Crippen LogP contribution in [0.25, 0.3) is 5.65 Å². The molecule has 0 saturated carbocycles. The third kappa shape index (κ3) is 3.11. The predicted octanol–water partition coefficient (Wildman–Crippen LogP) is 2.14. The van der Waals surface area contributed by atoms with Gasteiger partial charge in [-0.1, -0.05) is 6.92 Å². The van der Waals surface area contributed by atoms with Gasteiger partial charge in [-0.3, -0.25) is 4.90 Å². The number of esters is 1. The van der Waals surface area contributed by atoms with Crippen molar-refractivity contribution in [1.29, 1.82) is 0 Å². The van der Waals surface area contributed by atoms with Crippen LogP contribution in [0.3, 0.4) is 0 Å². The average Bonchev–Trinajstić information content (AvgIpc) is 2.95. The van der Waals surface area contributed by atoms with Gasteiger partial charge in [0.2, 0.25) is 0 Å². The van der Waals surface area contributed by atoms with Crippen LogP contribution >= 0.6 is 0 Å². The monoisotopic (exact) mass is 302 g/mol. The number of fused-ring (bicyclic) bond motifs is 1. The van der Waals surface area contributed by atoms with E-state index in [4.69, 9.17) is 4.74 Å². The molecule has 6 heteroatoms. The molecule has 1 aliphatic rings. The maximum atomic E-state index is 12.1. The molecule has 118 valence electrons. The number of nitrogens with zero attached hydrogens (tertiary/aromatic N) is 4. The van der Waals surface area contributed by atoms with E-state index >= 15 is 0 Å². The Kier molecular flexibility index (Phi) is 4.38. The van der Waals surface area contributed by atoms with Crippen molar-refractivity contribution in [2.45, 2.75) is 33.2 Å². The summed E-state index contributed by atoms with van der Waals surface area (Å²) in [5, 5.41) is 4.16. The summed E-state index contributed by atoms with van der Waals surface area (Å²) in [5.41, 5.74) is 2.02. The van der Waals surface area contributed by atoms with Gasteiger partial charge in [0.05, 0.1) is 18.5 Å². The molecule has 2 aromatic rings. The van der Waals surface area contributed by atoms with E-state index in [9.17, 15) is 4.79 Å². The highest BCUT2D eigenvalue weighted by atomic mass is 16.5. The van der Waals surface area contributed by atoms with Gasteiger partial charge in [0.1, 0.15) is 0 Å². The topological polar surface area (TPSA) is 59.7 Å². The Balaban J connectivity index is 1.88. The molecule has 0 aliphatic carbocycles. The van der Waals surface area contributed by atoms with Gasteiger partial charge in [-0.05, 0) is 38.3 Å². The van der Waals surface area contributed by atoms with Crippen LogP contribution in [0.5, 0.6) is 0 Å². The number of ether oxygens (including phenoxy) is 1. The molecule has 6 nitrogen and oxygen atoms in total. The van der Waals surface area contributed by atoms with E-state index in [1.807, 2.05) is 6.07 Å². The second-order valence-electron chi connectivity index (χ2n) is 5.94. The number of carbonyl (C=O) groups excluding carboxylic acids is 1. The lowest BCUT2D eigenvalue weighted by atomic mass is 10.0. The Labute approximate surface area is 130 Å². The molecule has 1 aliphatic heterocycles. The second kappa shape index (κ2) is 6.44. The van der Waals surface area contributed by atoms with Crippen molar-refractivity contribution >= 4 is 11.6 Å². The maximum Gasteiger partial charge on any atom is 0.357 e. The number of carbonyl (C=O) groups is 1. The lowest BCUT2D eigenvalue weighted by Gasteiger charge is -2.30. The first kappa shape index (κ1) is 15.0. The zero-order valence-electron chi connectivity index (χ0n) is 13.2. The standard InChI is InChI=1S/C16H22N4O2/c1-3-22-16(21)14-9-13(18-15-6-7-17-20(14)15)11-19-8-4-5-12(2)10-19/h6-7,9,12H,3-5,8,10-11H2,1-2H3/t12-/m0/s1. The Morgan fingerprint density at radius 3 is 3.14 bits per heavy atom. The van der Waals surface area contributed by atoms with Gasteiger partial charge in [0, 0.05) is 19.2 Å². The van der Waals surface area contributed by atoms with E-state index in [0.717, 1.165) is 31.2 Å². The van der Waals surface area contributed by atoms with Crippen LogP contribution in [-0.4, -0.2) is 45.2 Å². The first-order chi connectivity index (χ1) is 10.7. The molecule has 2 aromatic heterocycles. The molecule has 22 heavy (non-hydrogen) atoms. The van der Waals surface area contributed by atoms with Crippen LogP contribution in [0.2, 0.25) is 0 Å². The second-order valence-corrected chi connectivity index (χ2v) is 5.94. The number of piperidine rings is 1. The Hall–Kier alpha value is -1.95. The fourth-order valence-corrected chi connectivity index (χ4v) is 3.06. The Morgan fingerprint density at radius 2 is 2.36 bits per heavy atom. The number of likely N-dealkylation sites (tertiary alicyclic amines) is 1.